The predicted octanol–water partition coefficient (Wildman–Crippen LogP) is 4.45. The minimum atomic E-state index is -1.63. The SMILES string of the molecule is CCOc1ccc(C(O)(c2ccc(OCC)cc2)C(O)c2ccccc2)cc1. The highest BCUT2D eigenvalue weighted by Gasteiger charge is 2.40. The molecule has 0 spiro atoms. The topological polar surface area (TPSA) is 58.9 Å². The van der Waals surface area contributed by atoms with Crippen LogP contribution in [0, 0.1) is 0 Å². The first-order valence-corrected chi connectivity index (χ1v) is 9.51. The zero-order valence-electron chi connectivity index (χ0n) is 16.2. The number of benzene rings is 3. The van der Waals surface area contributed by atoms with Crippen molar-refractivity contribution in [3.63, 3.8) is 0 Å². The van der Waals surface area contributed by atoms with Crippen LogP contribution < -0.4 is 9.47 Å². The lowest BCUT2D eigenvalue weighted by atomic mass is 9.79. The van der Waals surface area contributed by atoms with E-state index in [0.29, 0.717) is 29.9 Å². The Bertz CT molecular complexity index is 808. The van der Waals surface area contributed by atoms with Gasteiger partial charge in [0.15, 0.2) is 0 Å². The second-order valence-corrected chi connectivity index (χ2v) is 6.49. The smallest absolute Gasteiger partial charge is 0.145 e. The predicted molar refractivity (Wildman–Crippen MR) is 110 cm³/mol. The van der Waals surface area contributed by atoms with Gasteiger partial charge in [0.1, 0.15) is 23.2 Å². The van der Waals surface area contributed by atoms with Gasteiger partial charge in [-0.25, -0.2) is 0 Å². The van der Waals surface area contributed by atoms with E-state index in [1.54, 1.807) is 60.7 Å². The van der Waals surface area contributed by atoms with Crippen molar-refractivity contribution in [3.05, 3.63) is 95.6 Å². The first kappa shape index (κ1) is 19.9. The fourth-order valence-corrected chi connectivity index (χ4v) is 3.30. The molecule has 3 aromatic carbocycles. The molecule has 1 unspecified atom stereocenters. The second-order valence-electron chi connectivity index (χ2n) is 6.49. The van der Waals surface area contributed by atoms with Gasteiger partial charge in [-0.3, -0.25) is 0 Å². The van der Waals surface area contributed by atoms with Crippen molar-refractivity contribution in [3.8, 4) is 11.5 Å². The molecule has 4 heteroatoms. The molecule has 28 heavy (non-hydrogen) atoms. The van der Waals surface area contributed by atoms with Crippen LogP contribution in [0.2, 0.25) is 0 Å². The minimum Gasteiger partial charge on any atom is -0.494 e. The van der Waals surface area contributed by atoms with Crippen LogP contribution in [-0.2, 0) is 5.60 Å². The fourth-order valence-electron chi connectivity index (χ4n) is 3.30. The van der Waals surface area contributed by atoms with E-state index < -0.39 is 11.7 Å². The van der Waals surface area contributed by atoms with Crippen LogP contribution in [0.15, 0.2) is 78.9 Å². The number of aliphatic hydroxyl groups is 2. The van der Waals surface area contributed by atoms with Crippen molar-refractivity contribution in [1.29, 1.82) is 0 Å². The van der Waals surface area contributed by atoms with E-state index in [9.17, 15) is 10.2 Å². The van der Waals surface area contributed by atoms with Crippen LogP contribution in [0.25, 0.3) is 0 Å². The minimum absolute atomic E-state index is 0.565. The normalized spacial score (nSPS) is 12.4. The van der Waals surface area contributed by atoms with E-state index in [2.05, 4.69) is 0 Å². The Hall–Kier alpha value is -2.82. The summed E-state index contributed by atoms with van der Waals surface area (Å²) < 4.78 is 11.0. The standard InChI is InChI=1S/C24H26O4/c1-3-27-21-14-10-19(11-15-21)24(26,23(25)18-8-6-5-7-9-18)20-12-16-22(17-13-20)28-4-2/h5-17,23,25-26H,3-4H2,1-2H3. The van der Waals surface area contributed by atoms with E-state index in [0.717, 1.165) is 11.5 Å². The third-order valence-corrected chi connectivity index (χ3v) is 4.72. The summed E-state index contributed by atoms with van der Waals surface area (Å²) in [4.78, 5) is 0. The maximum atomic E-state index is 11.8. The van der Waals surface area contributed by atoms with Crippen LogP contribution in [0.3, 0.4) is 0 Å². The highest BCUT2D eigenvalue weighted by molar-refractivity contribution is 5.44. The Labute approximate surface area is 166 Å². The summed E-state index contributed by atoms with van der Waals surface area (Å²) in [6.07, 6.45) is -1.15. The highest BCUT2D eigenvalue weighted by atomic mass is 16.5. The number of hydrogen-bond donors (Lipinski definition) is 2. The van der Waals surface area contributed by atoms with Gasteiger partial charge in [0.2, 0.25) is 0 Å². The van der Waals surface area contributed by atoms with E-state index in [1.807, 2.05) is 32.0 Å². The van der Waals surface area contributed by atoms with Crippen molar-refractivity contribution < 1.29 is 19.7 Å². The van der Waals surface area contributed by atoms with Crippen molar-refractivity contribution in [2.45, 2.75) is 25.6 Å². The Morgan fingerprint density at radius 3 is 1.54 bits per heavy atom. The lowest BCUT2D eigenvalue weighted by molar-refractivity contribution is -0.0518. The maximum Gasteiger partial charge on any atom is 0.145 e. The summed E-state index contributed by atoms with van der Waals surface area (Å²) in [6.45, 7) is 4.97. The van der Waals surface area contributed by atoms with Crippen molar-refractivity contribution in [2.24, 2.45) is 0 Å². The quantitative estimate of drug-likeness (QED) is 0.608. The average Bonchev–Trinajstić information content (AvgIpc) is 2.75. The van der Waals surface area contributed by atoms with Gasteiger partial charge < -0.3 is 19.7 Å². The first-order chi connectivity index (χ1) is 13.6. The van der Waals surface area contributed by atoms with Crippen LogP contribution in [0.4, 0.5) is 0 Å². The van der Waals surface area contributed by atoms with Gasteiger partial charge in [-0.15, -0.1) is 0 Å². The van der Waals surface area contributed by atoms with Crippen molar-refractivity contribution >= 4 is 0 Å². The first-order valence-electron chi connectivity index (χ1n) is 9.51. The summed E-state index contributed by atoms with van der Waals surface area (Å²) in [5, 5.41) is 23.0. The monoisotopic (exact) mass is 378 g/mol. The third kappa shape index (κ3) is 4.03. The lowest BCUT2D eigenvalue weighted by Gasteiger charge is -2.34. The molecule has 0 saturated carbocycles. The summed E-state index contributed by atoms with van der Waals surface area (Å²) in [5.74, 6) is 1.43. The largest absolute Gasteiger partial charge is 0.494 e. The molecule has 3 rings (SSSR count). The van der Waals surface area contributed by atoms with Gasteiger partial charge in [0, 0.05) is 0 Å². The molecule has 0 fully saturated rings. The Kier molecular flexibility index (Phi) is 6.34. The van der Waals surface area contributed by atoms with Crippen LogP contribution >= 0.6 is 0 Å². The fraction of sp³-hybridized carbons (Fsp3) is 0.250. The van der Waals surface area contributed by atoms with Gasteiger partial charge in [-0.05, 0) is 54.8 Å². The maximum absolute atomic E-state index is 11.8. The molecule has 0 saturated heterocycles. The van der Waals surface area contributed by atoms with E-state index in [4.69, 9.17) is 9.47 Å². The highest BCUT2D eigenvalue weighted by Crippen LogP contribution is 2.42. The average molecular weight is 378 g/mol. The lowest BCUT2D eigenvalue weighted by Crippen LogP contribution is -2.35. The third-order valence-electron chi connectivity index (χ3n) is 4.72. The van der Waals surface area contributed by atoms with E-state index in [1.165, 1.54) is 0 Å². The Morgan fingerprint density at radius 2 is 1.14 bits per heavy atom. The molecule has 3 aromatic rings. The van der Waals surface area contributed by atoms with Gasteiger partial charge in [-0.2, -0.15) is 0 Å². The number of hydrogen-bond acceptors (Lipinski definition) is 4. The van der Waals surface area contributed by atoms with E-state index >= 15 is 0 Å². The molecule has 0 amide bonds. The van der Waals surface area contributed by atoms with Crippen molar-refractivity contribution in [2.75, 3.05) is 13.2 Å². The Morgan fingerprint density at radius 1 is 0.714 bits per heavy atom. The molecule has 0 heterocycles. The zero-order chi connectivity index (χ0) is 20.0. The number of aliphatic hydroxyl groups excluding tert-OH is 1. The molecule has 4 nitrogen and oxygen atoms in total. The summed E-state index contributed by atoms with van der Waals surface area (Å²) in [7, 11) is 0. The molecule has 2 N–H and O–H groups in total. The van der Waals surface area contributed by atoms with Crippen LogP contribution in [0.1, 0.15) is 36.6 Å². The number of ether oxygens (including phenoxy) is 2. The molecule has 0 aliphatic heterocycles. The number of rotatable bonds is 8. The molecule has 0 radical (unpaired) electrons. The molecular weight excluding hydrogens is 352 g/mol. The zero-order valence-corrected chi connectivity index (χ0v) is 16.2. The molecule has 0 bridgehead atoms. The summed E-state index contributed by atoms with van der Waals surface area (Å²) in [6, 6.07) is 23.5. The van der Waals surface area contributed by atoms with Gasteiger partial charge in [0.05, 0.1) is 13.2 Å². The molecular formula is C24H26O4. The van der Waals surface area contributed by atoms with Crippen LogP contribution in [0.5, 0.6) is 11.5 Å². The van der Waals surface area contributed by atoms with Crippen LogP contribution in [-0.4, -0.2) is 23.4 Å². The van der Waals surface area contributed by atoms with E-state index in [-0.39, 0.29) is 0 Å². The van der Waals surface area contributed by atoms with Gasteiger partial charge in [0.25, 0.3) is 0 Å². The second kappa shape index (κ2) is 8.91. The molecule has 1 atom stereocenters. The molecule has 0 aliphatic carbocycles. The van der Waals surface area contributed by atoms with Gasteiger partial charge >= 0.3 is 0 Å². The summed E-state index contributed by atoms with van der Waals surface area (Å²) >= 11 is 0. The Balaban J connectivity index is 2.07. The van der Waals surface area contributed by atoms with Crippen molar-refractivity contribution in [1.82, 2.24) is 0 Å². The van der Waals surface area contributed by atoms with Gasteiger partial charge in [-0.1, -0.05) is 54.6 Å². The summed E-state index contributed by atoms with van der Waals surface area (Å²) in [5.41, 5.74) is 0.164. The molecule has 146 valence electrons. The molecule has 0 aliphatic rings. The molecule has 0 aromatic heterocycles.